The molecule has 0 unspecified atom stereocenters. The van der Waals surface area contributed by atoms with Crippen molar-refractivity contribution in [1.82, 2.24) is 10.2 Å². The van der Waals surface area contributed by atoms with Gasteiger partial charge in [0.25, 0.3) is 0 Å². The summed E-state index contributed by atoms with van der Waals surface area (Å²) in [4.78, 5) is 14.1. The summed E-state index contributed by atoms with van der Waals surface area (Å²) in [5, 5.41) is 3.90. The molecule has 1 aliphatic heterocycles. The van der Waals surface area contributed by atoms with E-state index in [9.17, 15) is 4.79 Å². The molecule has 1 N–H and O–H groups in total. The number of piperidine rings is 1. The maximum atomic E-state index is 12.2. The minimum atomic E-state index is 0.108. The molecule has 0 atom stereocenters. The van der Waals surface area contributed by atoms with Gasteiger partial charge >= 0.3 is 0 Å². The Kier molecular flexibility index (Phi) is 6.27. The zero-order valence-electron chi connectivity index (χ0n) is 12.5. The predicted molar refractivity (Wildman–Crippen MR) is 88.3 cm³/mol. The van der Waals surface area contributed by atoms with Crippen molar-refractivity contribution in [2.75, 3.05) is 26.7 Å². The van der Waals surface area contributed by atoms with Crippen LogP contribution in [0.3, 0.4) is 0 Å². The van der Waals surface area contributed by atoms with Crippen LogP contribution < -0.4 is 5.32 Å². The first-order chi connectivity index (χ1) is 10.2. The van der Waals surface area contributed by atoms with Crippen molar-refractivity contribution in [2.45, 2.75) is 19.3 Å². The maximum absolute atomic E-state index is 12.2. The van der Waals surface area contributed by atoms with Crippen LogP contribution >= 0.6 is 11.6 Å². The molecular formula is C17H23ClN2O. The molecule has 1 aliphatic rings. The minimum absolute atomic E-state index is 0.108. The van der Waals surface area contributed by atoms with Crippen molar-refractivity contribution in [3.8, 4) is 0 Å². The third-order valence-electron chi connectivity index (χ3n) is 4.02. The average molecular weight is 307 g/mol. The van der Waals surface area contributed by atoms with Crippen LogP contribution in [0.2, 0.25) is 5.02 Å². The van der Waals surface area contributed by atoms with Crippen molar-refractivity contribution in [3.05, 3.63) is 40.9 Å². The van der Waals surface area contributed by atoms with E-state index in [4.69, 9.17) is 11.6 Å². The van der Waals surface area contributed by atoms with Gasteiger partial charge in [-0.05, 0) is 62.5 Å². The molecule has 1 aromatic rings. The lowest BCUT2D eigenvalue weighted by molar-refractivity contribution is -0.127. The third-order valence-corrected chi connectivity index (χ3v) is 4.27. The van der Waals surface area contributed by atoms with Gasteiger partial charge < -0.3 is 10.2 Å². The molecule has 2 rings (SSSR count). The molecule has 3 nitrogen and oxygen atoms in total. The summed E-state index contributed by atoms with van der Waals surface area (Å²) in [5.74, 6) is 0.860. The Balaban J connectivity index is 1.80. The van der Waals surface area contributed by atoms with Gasteiger partial charge in [-0.3, -0.25) is 4.79 Å². The zero-order valence-corrected chi connectivity index (χ0v) is 13.3. The summed E-state index contributed by atoms with van der Waals surface area (Å²) in [6, 6.07) is 7.49. The topological polar surface area (TPSA) is 32.3 Å². The van der Waals surface area contributed by atoms with E-state index in [1.165, 1.54) is 6.42 Å². The van der Waals surface area contributed by atoms with Crippen LogP contribution in [0.25, 0.3) is 6.08 Å². The van der Waals surface area contributed by atoms with E-state index in [1.807, 2.05) is 42.3 Å². The van der Waals surface area contributed by atoms with Crippen LogP contribution in [0.1, 0.15) is 24.8 Å². The van der Waals surface area contributed by atoms with Crippen LogP contribution in [0.5, 0.6) is 0 Å². The molecule has 1 saturated heterocycles. The number of likely N-dealkylation sites (tertiary alicyclic amines) is 1. The molecule has 0 saturated carbocycles. The number of halogens is 1. The Labute approximate surface area is 132 Å². The van der Waals surface area contributed by atoms with Gasteiger partial charge in [0.1, 0.15) is 0 Å². The quantitative estimate of drug-likeness (QED) is 0.847. The second-order valence-corrected chi connectivity index (χ2v) is 5.98. The molecule has 0 aliphatic carbocycles. The fourth-order valence-corrected chi connectivity index (χ4v) is 2.76. The highest BCUT2D eigenvalue weighted by Crippen LogP contribution is 2.20. The summed E-state index contributed by atoms with van der Waals surface area (Å²) in [6.45, 7) is 2.81. The number of hydrogen-bond acceptors (Lipinski definition) is 2. The summed E-state index contributed by atoms with van der Waals surface area (Å²) < 4.78 is 0. The van der Waals surface area contributed by atoms with Gasteiger partial charge in [-0.15, -0.1) is 0 Å². The Hall–Kier alpha value is -1.32. The summed E-state index contributed by atoms with van der Waals surface area (Å²) in [5.41, 5.74) is 0.997. The number of carbonyl (C=O) groups excluding carboxylic acids is 1. The van der Waals surface area contributed by atoms with Crippen LogP contribution in [-0.2, 0) is 4.79 Å². The van der Waals surface area contributed by atoms with Gasteiger partial charge in [-0.25, -0.2) is 0 Å². The number of nitrogens with zero attached hydrogens (tertiary/aromatic N) is 1. The van der Waals surface area contributed by atoms with Gasteiger partial charge in [0.05, 0.1) is 0 Å². The smallest absolute Gasteiger partial charge is 0.246 e. The van der Waals surface area contributed by atoms with Crippen molar-refractivity contribution in [3.63, 3.8) is 0 Å². The summed E-state index contributed by atoms with van der Waals surface area (Å²) >= 11 is 5.84. The van der Waals surface area contributed by atoms with Crippen molar-refractivity contribution in [1.29, 1.82) is 0 Å². The molecule has 21 heavy (non-hydrogen) atoms. The Morgan fingerprint density at radius 2 is 2.00 bits per heavy atom. The number of hydrogen-bond donors (Lipinski definition) is 1. The molecule has 1 aromatic carbocycles. The fraction of sp³-hybridized carbons (Fsp3) is 0.471. The number of carbonyl (C=O) groups is 1. The SMILES string of the molecule is CNCCC1CCN(C(=O)C=Cc2ccc(Cl)cc2)CC1. The molecule has 0 spiro atoms. The van der Waals surface area contributed by atoms with Crippen molar-refractivity contribution in [2.24, 2.45) is 5.92 Å². The Morgan fingerprint density at radius 1 is 1.33 bits per heavy atom. The Morgan fingerprint density at radius 3 is 2.62 bits per heavy atom. The van der Waals surface area contributed by atoms with Crippen molar-refractivity contribution >= 4 is 23.6 Å². The third kappa shape index (κ3) is 5.18. The Bertz CT molecular complexity index is 476. The van der Waals surface area contributed by atoms with E-state index >= 15 is 0 Å². The zero-order chi connectivity index (χ0) is 15.1. The number of rotatable bonds is 5. The average Bonchev–Trinajstić information content (AvgIpc) is 2.52. The highest BCUT2D eigenvalue weighted by atomic mass is 35.5. The molecule has 114 valence electrons. The van der Waals surface area contributed by atoms with E-state index in [0.29, 0.717) is 5.02 Å². The molecule has 0 radical (unpaired) electrons. The highest BCUT2D eigenvalue weighted by Gasteiger charge is 2.20. The maximum Gasteiger partial charge on any atom is 0.246 e. The molecular weight excluding hydrogens is 284 g/mol. The second-order valence-electron chi connectivity index (χ2n) is 5.55. The van der Waals surface area contributed by atoms with Crippen LogP contribution in [0, 0.1) is 5.92 Å². The van der Waals surface area contributed by atoms with E-state index < -0.39 is 0 Å². The predicted octanol–water partition coefficient (Wildman–Crippen LogP) is 3.20. The molecule has 4 heteroatoms. The summed E-state index contributed by atoms with van der Waals surface area (Å²) in [6.07, 6.45) is 6.95. The first-order valence-electron chi connectivity index (χ1n) is 7.56. The second kappa shape index (κ2) is 8.20. The first-order valence-corrected chi connectivity index (χ1v) is 7.94. The van der Waals surface area contributed by atoms with E-state index in [1.54, 1.807) is 6.08 Å². The van der Waals surface area contributed by atoms with Gasteiger partial charge in [-0.2, -0.15) is 0 Å². The molecule has 1 heterocycles. The standard InChI is InChI=1S/C17H23ClN2O/c1-19-11-8-15-9-12-20(13-10-15)17(21)7-4-14-2-5-16(18)6-3-14/h2-7,15,19H,8-13H2,1H3. The van der Waals surface area contributed by atoms with Gasteiger partial charge in [0, 0.05) is 24.2 Å². The molecule has 0 bridgehead atoms. The number of amides is 1. The first kappa shape index (κ1) is 16.1. The fourth-order valence-electron chi connectivity index (χ4n) is 2.64. The van der Waals surface area contributed by atoms with Crippen molar-refractivity contribution < 1.29 is 4.79 Å². The van der Waals surface area contributed by atoms with Crippen LogP contribution in [0.4, 0.5) is 0 Å². The van der Waals surface area contributed by atoms with Crippen LogP contribution in [-0.4, -0.2) is 37.5 Å². The largest absolute Gasteiger partial charge is 0.339 e. The van der Waals surface area contributed by atoms with Crippen LogP contribution in [0.15, 0.2) is 30.3 Å². The molecule has 0 aromatic heterocycles. The monoisotopic (exact) mass is 306 g/mol. The van der Waals surface area contributed by atoms with E-state index in [2.05, 4.69) is 5.32 Å². The lowest BCUT2D eigenvalue weighted by atomic mass is 9.93. The molecule has 1 fully saturated rings. The number of benzene rings is 1. The summed E-state index contributed by atoms with van der Waals surface area (Å²) in [7, 11) is 1.99. The van der Waals surface area contributed by atoms with E-state index in [-0.39, 0.29) is 5.91 Å². The molecule has 1 amide bonds. The van der Waals surface area contributed by atoms with Gasteiger partial charge in [0.15, 0.2) is 0 Å². The van der Waals surface area contributed by atoms with E-state index in [0.717, 1.165) is 44.0 Å². The normalized spacial score (nSPS) is 16.6. The number of nitrogens with one attached hydrogen (secondary N) is 1. The lowest BCUT2D eigenvalue weighted by Crippen LogP contribution is -2.38. The van der Waals surface area contributed by atoms with Gasteiger partial charge in [-0.1, -0.05) is 23.7 Å². The highest BCUT2D eigenvalue weighted by molar-refractivity contribution is 6.30. The lowest BCUT2D eigenvalue weighted by Gasteiger charge is -2.31. The minimum Gasteiger partial charge on any atom is -0.339 e. The van der Waals surface area contributed by atoms with Gasteiger partial charge in [0.2, 0.25) is 5.91 Å².